The van der Waals surface area contributed by atoms with E-state index < -0.39 is 0 Å². The molecule has 26 heavy (non-hydrogen) atoms. The Morgan fingerprint density at radius 1 is 1.00 bits per heavy atom. The fraction of sp³-hybridized carbons (Fsp3) is 0.727. The number of hydrogen-bond acceptors (Lipinski definition) is 3. The fourth-order valence-corrected chi connectivity index (χ4v) is 5.72. The summed E-state index contributed by atoms with van der Waals surface area (Å²) in [5, 5.41) is 0. The summed E-state index contributed by atoms with van der Waals surface area (Å²) in [5.74, 6) is 3.88. The molecule has 0 N–H and O–H groups in total. The zero-order valence-electron chi connectivity index (χ0n) is 16.3. The highest BCUT2D eigenvalue weighted by Crippen LogP contribution is 2.52. The maximum absolute atomic E-state index is 6.45. The van der Waals surface area contributed by atoms with E-state index in [0.717, 1.165) is 28.5 Å². The van der Waals surface area contributed by atoms with Crippen molar-refractivity contribution in [1.29, 1.82) is 0 Å². The van der Waals surface area contributed by atoms with Crippen molar-refractivity contribution < 1.29 is 14.2 Å². The van der Waals surface area contributed by atoms with Crippen LogP contribution < -0.4 is 4.74 Å². The lowest BCUT2D eigenvalue weighted by Gasteiger charge is -2.51. The molecule has 0 amide bonds. The van der Waals surface area contributed by atoms with Crippen LogP contribution in [-0.4, -0.2) is 18.7 Å². The minimum absolute atomic E-state index is 0.125. The summed E-state index contributed by atoms with van der Waals surface area (Å²) in [6.07, 6.45) is 4.89. The molecular weight excluding hydrogens is 392 g/mol. The van der Waals surface area contributed by atoms with Gasteiger partial charge in [0.25, 0.3) is 0 Å². The van der Waals surface area contributed by atoms with Gasteiger partial charge in [0, 0.05) is 16.3 Å². The third-order valence-corrected chi connectivity index (χ3v) is 7.89. The first kappa shape index (κ1) is 18.8. The van der Waals surface area contributed by atoms with Gasteiger partial charge in [-0.1, -0.05) is 42.3 Å². The topological polar surface area (TPSA) is 27.7 Å². The van der Waals surface area contributed by atoms with Gasteiger partial charge in [-0.3, -0.25) is 0 Å². The maximum atomic E-state index is 6.45. The molecule has 2 aliphatic heterocycles. The van der Waals surface area contributed by atoms with Crippen LogP contribution in [0.5, 0.6) is 5.75 Å². The molecule has 0 spiro atoms. The van der Waals surface area contributed by atoms with E-state index in [1.165, 1.54) is 24.8 Å². The molecule has 1 aromatic rings. The summed E-state index contributed by atoms with van der Waals surface area (Å²) >= 11 is 3.60. The van der Waals surface area contributed by atoms with Crippen LogP contribution in [0.4, 0.5) is 0 Å². The van der Waals surface area contributed by atoms with Gasteiger partial charge in [-0.05, 0) is 68.6 Å². The second kappa shape index (κ2) is 7.44. The Morgan fingerprint density at radius 3 is 2.54 bits per heavy atom. The lowest BCUT2D eigenvalue weighted by molar-refractivity contribution is -0.315. The number of benzene rings is 1. The monoisotopic (exact) mass is 422 g/mol. The molecule has 144 valence electrons. The highest BCUT2D eigenvalue weighted by molar-refractivity contribution is 9.10. The van der Waals surface area contributed by atoms with Crippen LogP contribution in [0.3, 0.4) is 0 Å². The van der Waals surface area contributed by atoms with Crippen molar-refractivity contribution in [2.24, 2.45) is 29.6 Å². The van der Waals surface area contributed by atoms with Gasteiger partial charge in [0.15, 0.2) is 6.29 Å². The molecule has 0 radical (unpaired) electrons. The van der Waals surface area contributed by atoms with Crippen molar-refractivity contribution in [3.63, 3.8) is 0 Å². The van der Waals surface area contributed by atoms with Crippen molar-refractivity contribution in [1.82, 2.24) is 0 Å². The number of aryl methyl sites for hydroxylation is 1. The van der Waals surface area contributed by atoms with Crippen molar-refractivity contribution >= 4 is 15.9 Å². The molecule has 8 atom stereocenters. The first-order chi connectivity index (χ1) is 12.4. The molecule has 4 heteroatoms. The lowest BCUT2D eigenvalue weighted by atomic mass is 9.61. The molecule has 3 fully saturated rings. The third kappa shape index (κ3) is 3.45. The molecule has 2 saturated heterocycles. The average Bonchev–Trinajstić information content (AvgIpc) is 2.77. The molecule has 3 unspecified atom stereocenters. The van der Waals surface area contributed by atoms with Gasteiger partial charge in [-0.25, -0.2) is 0 Å². The predicted molar refractivity (Wildman–Crippen MR) is 106 cm³/mol. The summed E-state index contributed by atoms with van der Waals surface area (Å²) in [5.41, 5.74) is 1.21. The normalized spacial score (nSPS) is 42.7. The summed E-state index contributed by atoms with van der Waals surface area (Å²) in [6.45, 7) is 8.99. The standard InChI is InChI=1S/C22H31BrO3/c1-12-6-9-18-15(4)21(25-16-8-5-13(2)19(23)11-16)26-22-20(18)17(12)10-7-14(3)24-22/h5,8,11-12,14-15,17-18,20-22H,6-7,9-10H2,1-4H3/t12-,14?,15-,17?,18+,20?,21+,22+/m1/s1. The van der Waals surface area contributed by atoms with Crippen LogP contribution in [-0.2, 0) is 9.47 Å². The molecule has 3 nitrogen and oxygen atoms in total. The van der Waals surface area contributed by atoms with Crippen LogP contribution in [0.2, 0.25) is 0 Å². The van der Waals surface area contributed by atoms with Gasteiger partial charge in [0.1, 0.15) is 5.75 Å². The van der Waals surface area contributed by atoms with E-state index in [0.29, 0.717) is 17.8 Å². The minimum Gasteiger partial charge on any atom is -0.465 e. The first-order valence-electron chi connectivity index (χ1n) is 10.2. The number of hydrogen-bond donors (Lipinski definition) is 0. The van der Waals surface area contributed by atoms with Crippen LogP contribution in [0.15, 0.2) is 22.7 Å². The fourth-order valence-electron chi connectivity index (χ4n) is 5.36. The van der Waals surface area contributed by atoms with Crippen LogP contribution in [0, 0.1) is 36.5 Å². The van der Waals surface area contributed by atoms with Gasteiger partial charge < -0.3 is 14.2 Å². The van der Waals surface area contributed by atoms with Crippen LogP contribution in [0.1, 0.15) is 52.0 Å². The molecular formula is C22H31BrO3. The first-order valence-corrected chi connectivity index (χ1v) is 11.0. The van der Waals surface area contributed by atoms with Crippen molar-refractivity contribution in [3.05, 3.63) is 28.2 Å². The molecule has 4 rings (SSSR count). The van der Waals surface area contributed by atoms with Gasteiger partial charge in [0.05, 0.1) is 6.10 Å². The van der Waals surface area contributed by atoms with Gasteiger partial charge >= 0.3 is 0 Å². The largest absolute Gasteiger partial charge is 0.465 e. The average molecular weight is 423 g/mol. The zero-order valence-corrected chi connectivity index (χ0v) is 17.9. The van der Waals surface area contributed by atoms with E-state index in [1.807, 2.05) is 12.1 Å². The predicted octanol–water partition coefficient (Wildman–Crippen LogP) is 5.93. The van der Waals surface area contributed by atoms with E-state index in [2.05, 4.69) is 49.7 Å². The minimum atomic E-state index is -0.241. The van der Waals surface area contributed by atoms with Gasteiger partial charge in [-0.15, -0.1) is 0 Å². The second-order valence-corrected chi connectivity index (χ2v) is 9.60. The Bertz CT molecular complexity index is 648. The Morgan fingerprint density at radius 2 is 1.77 bits per heavy atom. The Labute approximate surface area is 165 Å². The highest BCUT2D eigenvalue weighted by atomic mass is 79.9. The van der Waals surface area contributed by atoms with Gasteiger partial charge in [-0.2, -0.15) is 0 Å². The molecule has 0 aromatic heterocycles. The maximum Gasteiger partial charge on any atom is 0.205 e. The van der Waals surface area contributed by atoms with E-state index >= 15 is 0 Å². The Balaban J connectivity index is 1.58. The van der Waals surface area contributed by atoms with E-state index in [-0.39, 0.29) is 18.7 Å². The van der Waals surface area contributed by atoms with Crippen molar-refractivity contribution in [3.8, 4) is 5.75 Å². The highest BCUT2D eigenvalue weighted by Gasteiger charge is 2.52. The Hall–Kier alpha value is -0.580. The molecule has 0 bridgehead atoms. The van der Waals surface area contributed by atoms with E-state index in [1.54, 1.807) is 0 Å². The second-order valence-electron chi connectivity index (χ2n) is 8.74. The van der Waals surface area contributed by atoms with E-state index in [4.69, 9.17) is 14.2 Å². The summed E-state index contributed by atoms with van der Waals surface area (Å²) in [7, 11) is 0. The molecule has 1 aliphatic carbocycles. The summed E-state index contributed by atoms with van der Waals surface area (Å²) in [4.78, 5) is 0. The van der Waals surface area contributed by atoms with Crippen molar-refractivity contribution in [2.45, 2.75) is 72.1 Å². The third-order valence-electron chi connectivity index (χ3n) is 7.03. The van der Waals surface area contributed by atoms with Crippen LogP contribution >= 0.6 is 15.9 Å². The number of rotatable bonds is 2. The van der Waals surface area contributed by atoms with Crippen molar-refractivity contribution in [2.75, 3.05) is 0 Å². The molecule has 1 aromatic carbocycles. The zero-order chi connectivity index (χ0) is 18.4. The van der Waals surface area contributed by atoms with Gasteiger partial charge in [0.2, 0.25) is 6.29 Å². The smallest absolute Gasteiger partial charge is 0.205 e. The number of halogens is 1. The molecule has 1 saturated carbocycles. The quantitative estimate of drug-likeness (QED) is 0.590. The lowest BCUT2D eigenvalue weighted by Crippen LogP contribution is -2.54. The SMILES string of the molecule is Cc1ccc(O[C@H]2O[C@@H]3OC(C)CCC4C3[C@@H](CC[C@H]4C)[C@H]2C)cc1Br. The molecule has 2 heterocycles. The Kier molecular flexibility index (Phi) is 5.37. The number of ether oxygens (including phenoxy) is 3. The summed E-state index contributed by atoms with van der Waals surface area (Å²) < 4.78 is 20.2. The molecule has 3 aliphatic rings. The van der Waals surface area contributed by atoms with E-state index in [9.17, 15) is 0 Å². The summed E-state index contributed by atoms with van der Waals surface area (Å²) in [6, 6.07) is 6.16. The van der Waals surface area contributed by atoms with Crippen LogP contribution in [0.25, 0.3) is 0 Å².